The van der Waals surface area contributed by atoms with Gasteiger partial charge in [-0.3, -0.25) is 0 Å². The minimum Gasteiger partial charge on any atom is -0.377 e. The van der Waals surface area contributed by atoms with Gasteiger partial charge in [-0.25, -0.2) is 0 Å². The van der Waals surface area contributed by atoms with Gasteiger partial charge in [0.05, 0.1) is 6.10 Å². The Morgan fingerprint density at radius 3 is 2.86 bits per heavy atom. The molecular weight excluding hydrogens is 260 g/mol. The lowest BCUT2D eigenvalue weighted by Crippen LogP contribution is -2.46. The Kier molecular flexibility index (Phi) is 7.48. The number of hydrogen-bond donors (Lipinski definition) is 1. The third kappa shape index (κ3) is 5.54. The van der Waals surface area contributed by atoms with Crippen molar-refractivity contribution in [3.05, 3.63) is 0 Å². The molecule has 1 saturated heterocycles. The summed E-state index contributed by atoms with van der Waals surface area (Å²) in [5.41, 5.74) is 0. The van der Waals surface area contributed by atoms with Crippen molar-refractivity contribution >= 4 is 0 Å². The van der Waals surface area contributed by atoms with Gasteiger partial charge in [0.1, 0.15) is 0 Å². The van der Waals surface area contributed by atoms with Crippen LogP contribution in [-0.4, -0.2) is 49.8 Å². The fraction of sp³-hybridized carbons (Fsp3) is 1.00. The Bertz CT molecular complexity index is 284. The minimum atomic E-state index is 0.403. The zero-order valence-electron chi connectivity index (χ0n) is 14.4. The highest BCUT2D eigenvalue weighted by atomic mass is 16.5. The molecular formula is C18H36N2O. The number of hydrogen-bond acceptors (Lipinski definition) is 3. The van der Waals surface area contributed by atoms with Crippen LogP contribution >= 0.6 is 0 Å². The van der Waals surface area contributed by atoms with Crippen LogP contribution in [0.5, 0.6) is 0 Å². The first-order chi connectivity index (χ1) is 10.2. The highest BCUT2D eigenvalue weighted by Gasteiger charge is 2.31. The van der Waals surface area contributed by atoms with E-state index in [1.165, 1.54) is 51.6 Å². The quantitative estimate of drug-likeness (QED) is 0.814. The van der Waals surface area contributed by atoms with E-state index in [2.05, 4.69) is 31.0 Å². The molecule has 3 nitrogen and oxygen atoms in total. The maximum atomic E-state index is 5.80. The average Bonchev–Trinajstić information content (AvgIpc) is 2.66. The topological polar surface area (TPSA) is 24.5 Å². The predicted molar refractivity (Wildman–Crippen MR) is 89.7 cm³/mol. The van der Waals surface area contributed by atoms with Crippen molar-refractivity contribution in [1.82, 2.24) is 10.2 Å². The summed E-state index contributed by atoms with van der Waals surface area (Å²) in [6.45, 7) is 12.5. The predicted octanol–water partition coefficient (Wildman–Crippen LogP) is 3.29. The van der Waals surface area contributed by atoms with Crippen molar-refractivity contribution in [2.45, 2.75) is 71.4 Å². The Morgan fingerprint density at radius 2 is 2.10 bits per heavy atom. The van der Waals surface area contributed by atoms with Gasteiger partial charge >= 0.3 is 0 Å². The molecule has 21 heavy (non-hydrogen) atoms. The second-order valence-electron chi connectivity index (χ2n) is 7.19. The second-order valence-corrected chi connectivity index (χ2v) is 7.19. The van der Waals surface area contributed by atoms with Crippen LogP contribution in [0.1, 0.15) is 59.3 Å². The fourth-order valence-corrected chi connectivity index (χ4v) is 4.34. The van der Waals surface area contributed by atoms with E-state index < -0.39 is 0 Å². The summed E-state index contributed by atoms with van der Waals surface area (Å²) in [4.78, 5) is 2.67. The molecule has 3 heteroatoms. The molecule has 2 aliphatic rings. The van der Waals surface area contributed by atoms with E-state index in [9.17, 15) is 0 Å². The molecule has 4 atom stereocenters. The van der Waals surface area contributed by atoms with E-state index in [1.54, 1.807) is 0 Å². The summed E-state index contributed by atoms with van der Waals surface area (Å²) in [6, 6.07) is 0.739. The van der Waals surface area contributed by atoms with E-state index in [0.29, 0.717) is 6.10 Å². The van der Waals surface area contributed by atoms with Crippen LogP contribution in [0.3, 0.4) is 0 Å². The van der Waals surface area contributed by atoms with Crippen LogP contribution in [0.15, 0.2) is 0 Å². The lowest BCUT2D eigenvalue weighted by Gasteiger charge is -2.39. The first-order valence-corrected chi connectivity index (χ1v) is 9.30. The molecule has 1 heterocycles. The molecule has 2 rings (SSSR count). The Labute approximate surface area is 131 Å². The van der Waals surface area contributed by atoms with Crippen molar-refractivity contribution in [2.75, 3.05) is 32.8 Å². The standard InChI is InChI=1S/C18H36N2O/c1-4-7-16-8-9-18(19-5-2)17(12-16)14-20-10-6-11-21-15(3)13-20/h15-19H,4-14H2,1-3H3. The summed E-state index contributed by atoms with van der Waals surface area (Å²) in [5, 5.41) is 3.76. The van der Waals surface area contributed by atoms with Crippen LogP contribution in [0.25, 0.3) is 0 Å². The molecule has 0 aromatic carbocycles. The van der Waals surface area contributed by atoms with Gasteiger partial charge in [-0.2, -0.15) is 0 Å². The maximum absolute atomic E-state index is 5.80. The fourth-order valence-electron chi connectivity index (χ4n) is 4.34. The summed E-state index contributed by atoms with van der Waals surface area (Å²) in [6.07, 6.45) is 8.61. The van der Waals surface area contributed by atoms with E-state index in [0.717, 1.165) is 37.6 Å². The SMILES string of the molecule is CCCC1CCC(NCC)C(CN2CCCOC(C)C2)C1. The van der Waals surface area contributed by atoms with Gasteiger partial charge in [-0.05, 0) is 51.0 Å². The van der Waals surface area contributed by atoms with E-state index >= 15 is 0 Å². The Morgan fingerprint density at radius 1 is 1.24 bits per heavy atom. The van der Waals surface area contributed by atoms with Crippen molar-refractivity contribution in [2.24, 2.45) is 11.8 Å². The molecule has 124 valence electrons. The van der Waals surface area contributed by atoms with Crippen molar-refractivity contribution in [3.8, 4) is 0 Å². The molecule has 0 aromatic rings. The second kappa shape index (κ2) is 9.12. The first kappa shape index (κ1) is 17.2. The number of ether oxygens (including phenoxy) is 1. The summed E-state index contributed by atoms with van der Waals surface area (Å²) in [5.74, 6) is 1.80. The van der Waals surface area contributed by atoms with Crippen molar-refractivity contribution in [3.63, 3.8) is 0 Å². The highest BCUT2D eigenvalue weighted by molar-refractivity contribution is 4.87. The van der Waals surface area contributed by atoms with E-state index in [1.807, 2.05) is 0 Å². The zero-order chi connectivity index (χ0) is 15.1. The van der Waals surface area contributed by atoms with Crippen LogP contribution in [0.4, 0.5) is 0 Å². The first-order valence-electron chi connectivity index (χ1n) is 9.30. The smallest absolute Gasteiger partial charge is 0.0673 e. The minimum absolute atomic E-state index is 0.403. The monoisotopic (exact) mass is 296 g/mol. The third-order valence-corrected chi connectivity index (χ3v) is 5.28. The molecule has 0 spiro atoms. The third-order valence-electron chi connectivity index (χ3n) is 5.28. The Balaban J connectivity index is 1.91. The molecule has 1 aliphatic carbocycles. The van der Waals surface area contributed by atoms with Gasteiger partial charge < -0.3 is 15.0 Å². The van der Waals surface area contributed by atoms with Crippen LogP contribution in [0.2, 0.25) is 0 Å². The Hall–Kier alpha value is -0.120. The molecule has 1 N–H and O–H groups in total. The van der Waals surface area contributed by atoms with Gasteiger partial charge in [-0.1, -0.05) is 26.7 Å². The van der Waals surface area contributed by atoms with Crippen molar-refractivity contribution < 1.29 is 4.74 Å². The molecule has 0 radical (unpaired) electrons. The molecule has 4 unspecified atom stereocenters. The van der Waals surface area contributed by atoms with Crippen molar-refractivity contribution in [1.29, 1.82) is 0 Å². The number of nitrogens with zero attached hydrogens (tertiary/aromatic N) is 1. The lowest BCUT2D eigenvalue weighted by molar-refractivity contribution is 0.0606. The molecule has 0 amide bonds. The van der Waals surface area contributed by atoms with E-state index in [-0.39, 0.29) is 0 Å². The van der Waals surface area contributed by atoms with Gasteiger partial charge in [0.25, 0.3) is 0 Å². The zero-order valence-corrected chi connectivity index (χ0v) is 14.4. The maximum Gasteiger partial charge on any atom is 0.0673 e. The van der Waals surface area contributed by atoms with Gasteiger partial charge in [0, 0.05) is 32.3 Å². The normalized spacial score (nSPS) is 35.6. The molecule has 0 aromatic heterocycles. The van der Waals surface area contributed by atoms with Crippen LogP contribution in [-0.2, 0) is 4.74 Å². The summed E-state index contributed by atoms with van der Waals surface area (Å²) in [7, 11) is 0. The highest BCUT2D eigenvalue weighted by Crippen LogP contribution is 2.33. The molecule has 2 fully saturated rings. The van der Waals surface area contributed by atoms with Gasteiger partial charge in [0.2, 0.25) is 0 Å². The lowest BCUT2D eigenvalue weighted by atomic mass is 9.76. The van der Waals surface area contributed by atoms with Gasteiger partial charge in [-0.15, -0.1) is 0 Å². The number of rotatable bonds is 6. The number of nitrogens with one attached hydrogen (secondary N) is 1. The summed E-state index contributed by atoms with van der Waals surface area (Å²) >= 11 is 0. The largest absolute Gasteiger partial charge is 0.377 e. The van der Waals surface area contributed by atoms with Gasteiger partial charge in [0.15, 0.2) is 0 Å². The molecule has 0 bridgehead atoms. The average molecular weight is 296 g/mol. The molecule has 1 saturated carbocycles. The van der Waals surface area contributed by atoms with E-state index in [4.69, 9.17) is 4.74 Å². The van der Waals surface area contributed by atoms with Crippen LogP contribution in [0, 0.1) is 11.8 Å². The molecule has 1 aliphatic heterocycles. The summed E-state index contributed by atoms with van der Waals surface area (Å²) < 4.78 is 5.80. The van der Waals surface area contributed by atoms with Crippen LogP contribution < -0.4 is 5.32 Å².